The Hall–Kier alpha value is -0.780. The molecule has 97 valence electrons. The maximum atomic E-state index is 8.68. The van der Waals surface area contributed by atoms with Gasteiger partial charge in [-0.2, -0.15) is 34.6 Å². The van der Waals surface area contributed by atoms with Gasteiger partial charge in [0.05, 0.1) is 0 Å². The molecule has 0 fully saturated rings. The third-order valence-electron chi connectivity index (χ3n) is 0. The van der Waals surface area contributed by atoms with Gasteiger partial charge in [0.25, 0.3) is 0 Å². The molecule has 0 aliphatic rings. The van der Waals surface area contributed by atoms with E-state index in [2.05, 4.69) is 6.92 Å². The fourth-order valence-electron chi connectivity index (χ4n) is 0. The Labute approximate surface area is 110 Å². The molecule has 0 aromatic carbocycles. The van der Waals surface area contributed by atoms with Gasteiger partial charge in [0.2, 0.25) is 0 Å². The van der Waals surface area contributed by atoms with E-state index in [0.29, 0.717) is 0 Å². The van der Waals surface area contributed by atoms with Crippen LogP contribution in [0.25, 0.3) is 0 Å². The van der Waals surface area contributed by atoms with Crippen LogP contribution in [0.15, 0.2) is 0 Å². The third kappa shape index (κ3) is 3250. The van der Waals surface area contributed by atoms with Crippen LogP contribution in [0.4, 0.5) is 0 Å². The van der Waals surface area contributed by atoms with Crippen molar-refractivity contribution in [3.8, 4) is 0 Å². The molecule has 0 saturated heterocycles. The first-order valence-electron chi connectivity index (χ1n) is 3.71. The van der Waals surface area contributed by atoms with Crippen LogP contribution >= 0.6 is 0 Å². The Bertz CT molecular complexity index is 83.4. The van der Waals surface area contributed by atoms with E-state index in [1.165, 1.54) is 52.8 Å². The minimum atomic E-state index is 0.194. The first-order chi connectivity index (χ1) is 7.66. The second-order valence-corrected chi connectivity index (χ2v) is 0.816. The average molecular weight is 398 g/mol. The summed E-state index contributed by atoms with van der Waals surface area (Å²) in [6.07, 6.45) is 6.00. The SMILES string of the molecule is C[C-]=O.C[C-]=O.C[C-]=O.C[C-]=O.[CH2-]C.[O]=[Ta]. The van der Waals surface area contributed by atoms with Gasteiger partial charge < -0.3 is 26.1 Å². The number of rotatable bonds is 0. The fraction of sp³-hybridized carbons (Fsp3) is 0.500. The Morgan fingerprint density at radius 1 is 0.625 bits per heavy atom. The Morgan fingerprint density at radius 3 is 0.625 bits per heavy atom. The van der Waals surface area contributed by atoms with E-state index in [1.54, 1.807) is 6.92 Å². The molecule has 16 heavy (non-hydrogen) atoms. The molecule has 0 aliphatic carbocycles. The summed E-state index contributed by atoms with van der Waals surface area (Å²) in [4.78, 5) is 34.7. The number of hydrogen-bond acceptors (Lipinski definition) is 5. The normalized spacial score (nSPS) is 3.81. The molecule has 0 spiro atoms. The van der Waals surface area contributed by atoms with Crippen LogP contribution in [0.3, 0.4) is 0 Å². The van der Waals surface area contributed by atoms with E-state index >= 15 is 0 Å². The fourth-order valence-corrected chi connectivity index (χ4v) is 0. The molecule has 0 bridgehead atoms. The maximum absolute atomic E-state index is 8.68. The van der Waals surface area contributed by atoms with E-state index in [-0.39, 0.29) is 21.0 Å². The van der Waals surface area contributed by atoms with Crippen molar-refractivity contribution in [3.63, 3.8) is 0 Å². The average Bonchev–Trinajstić information content (AvgIpc) is 2.27. The van der Waals surface area contributed by atoms with E-state index in [4.69, 9.17) is 22.4 Å². The predicted octanol–water partition coefficient (Wildman–Crippen LogP) is 1.18. The van der Waals surface area contributed by atoms with E-state index < -0.39 is 0 Å². The van der Waals surface area contributed by atoms with Crippen LogP contribution in [0.2, 0.25) is 0 Å². The number of hydrogen-bond donors (Lipinski definition) is 0. The van der Waals surface area contributed by atoms with Gasteiger partial charge in [0.15, 0.2) is 0 Å². The molecule has 0 atom stereocenters. The van der Waals surface area contributed by atoms with Crippen LogP contribution in [0.5, 0.6) is 0 Å². The summed E-state index contributed by atoms with van der Waals surface area (Å²) in [5, 5.41) is 0. The molecule has 0 radical (unpaired) electrons. The van der Waals surface area contributed by atoms with Gasteiger partial charge in [-0.3, -0.25) is 25.1 Å². The summed E-state index contributed by atoms with van der Waals surface area (Å²) in [6.45, 7) is 10.3. The Kier molecular flexibility index (Phi) is 542. The van der Waals surface area contributed by atoms with Crippen LogP contribution in [0, 0.1) is 6.92 Å². The molecule has 0 aromatic rings. The topological polar surface area (TPSA) is 85.3 Å². The van der Waals surface area contributed by atoms with Crippen molar-refractivity contribution in [2.24, 2.45) is 0 Å². The van der Waals surface area contributed by atoms with Gasteiger partial charge in [-0.15, -0.1) is 0 Å². The van der Waals surface area contributed by atoms with Crippen LogP contribution < -0.4 is 0 Å². The molecule has 0 heterocycles. The molecular formula is C10H17O5Ta-5. The van der Waals surface area contributed by atoms with Crippen LogP contribution in [0.1, 0.15) is 34.6 Å². The molecule has 0 aliphatic heterocycles. The molecule has 0 N–H and O–H groups in total. The summed E-state index contributed by atoms with van der Waals surface area (Å²) in [7, 11) is 0. The van der Waals surface area contributed by atoms with E-state index in [0.717, 1.165) is 0 Å². The van der Waals surface area contributed by atoms with Crippen molar-refractivity contribution in [1.82, 2.24) is 0 Å². The van der Waals surface area contributed by atoms with Crippen LogP contribution in [-0.4, -0.2) is 25.1 Å². The summed E-state index contributed by atoms with van der Waals surface area (Å²) >= 11 is 0.194. The first-order valence-corrected chi connectivity index (χ1v) is 5.02. The zero-order valence-corrected chi connectivity index (χ0v) is 13.4. The Morgan fingerprint density at radius 2 is 0.625 bits per heavy atom. The number of carbonyl (C=O) groups excluding carboxylic acids is 4. The third-order valence-corrected chi connectivity index (χ3v) is 0. The second-order valence-electron chi connectivity index (χ2n) is 0.816. The summed E-state index contributed by atoms with van der Waals surface area (Å²) < 4.78 is 8.36. The first kappa shape index (κ1) is 36.2. The van der Waals surface area contributed by atoms with Crippen molar-refractivity contribution in [2.45, 2.75) is 34.6 Å². The van der Waals surface area contributed by atoms with Gasteiger partial charge in [-0.1, -0.05) is 0 Å². The van der Waals surface area contributed by atoms with E-state index in [1.807, 2.05) is 0 Å². The standard InChI is InChI=1S/4C2H3O.C2H5.O.Ta/c4*1-2-3;1-2;;/h4*1H3;1H2,2H3;;/q5*-1;;. The molecule has 0 saturated carbocycles. The predicted molar refractivity (Wildman–Crippen MR) is 57.2 cm³/mol. The van der Waals surface area contributed by atoms with Crippen LogP contribution in [-0.2, 0) is 43.5 Å². The van der Waals surface area contributed by atoms with Crippen molar-refractivity contribution in [3.05, 3.63) is 6.92 Å². The zero-order valence-electron chi connectivity index (χ0n) is 10.2. The van der Waals surface area contributed by atoms with Crippen molar-refractivity contribution in [1.29, 1.82) is 0 Å². The Balaban J connectivity index is -0.0000000190. The van der Waals surface area contributed by atoms with Crippen molar-refractivity contribution in [2.75, 3.05) is 0 Å². The molecule has 0 amide bonds. The molecule has 0 rings (SSSR count). The summed E-state index contributed by atoms with van der Waals surface area (Å²) in [5.74, 6) is 0. The van der Waals surface area contributed by atoms with Gasteiger partial charge >= 0.3 is 24.3 Å². The monoisotopic (exact) mass is 398 g/mol. The van der Waals surface area contributed by atoms with Gasteiger partial charge in [-0.05, 0) is 0 Å². The molecule has 0 unspecified atom stereocenters. The second kappa shape index (κ2) is 240. The summed E-state index contributed by atoms with van der Waals surface area (Å²) in [5.41, 5.74) is 0. The molecule has 0 aromatic heterocycles. The van der Waals surface area contributed by atoms with Crippen molar-refractivity contribution < 1.29 is 43.5 Å². The minimum absolute atomic E-state index is 0.194. The van der Waals surface area contributed by atoms with Crippen molar-refractivity contribution >= 4 is 25.1 Å². The van der Waals surface area contributed by atoms with Gasteiger partial charge in [-0.25, -0.2) is 0 Å². The quantitative estimate of drug-likeness (QED) is 0.573. The zero-order chi connectivity index (χ0) is 14.8. The molecule has 5 nitrogen and oxygen atoms in total. The van der Waals surface area contributed by atoms with E-state index in [9.17, 15) is 0 Å². The van der Waals surface area contributed by atoms with Gasteiger partial charge in [0, 0.05) is 0 Å². The van der Waals surface area contributed by atoms with Gasteiger partial charge in [0.1, 0.15) is 0 Å². The molecule has 6 heteroatoms. The molecular weight excluding hydrogens is 381 g/mol. The summed E-state index contributed by atoms with van der Waals surface area (Å²) in [6, 6.07) is 0.